The average Bonchev–Trinajstić information content (AvgIpc) is 3.31. The molecule has 150 valence electrons. The van der Waals surface area contributed by atoms with E-state index in [4.69, 9.17) is 14.5 Å². The van der Waals surface area contributed by atoms with Crippen molar-refractivity contribution in [1.82, 2.24) is 20.8 Å². The second-order valence-electron chi connectivity index (χ2n) is 6.54. The van der Waals surface area contributed by atoms with Crippen molar-refractivity contribution in [3.63, 3.8) is 0 Å². The van der Waals surface area contributed by atoms with E-state index in [2.05, 4.69) is 54.8 Å². The molecule has 0 aliphatic carbocycles. The Balaban J connectivity index is 1.54. The fraction of sp³-hybridized carbons (Fsp3) is 0.476. The molecule has 0 amide bonds. The monoisotopic (exact) mass is 399 g/mol. The number of aromatic nitrogens is 2. The van der Waals surface area contributed by atoms with Crippen LogP contribution in [0, 0.1) is 0 Å². The molecule has 28 heavy (non-hydrogen) atoms. The number of aryl methyl sites for hydroxylation is 3. The number of hydrogen-bond acceptors (Lipinski definition) is 5. The first-order valence-corrected chi connectivity index (χ1v) is 10.9. The Morgan fingerprint density at radius 3 is 2.75 bits per heavy atom. The molecule has 0 unspecified atom stereocenters. The van der Waals surface area contributed by atoms with Crippen LogP contribution >= 0.6 is 11.3 Å². The van der Waals surface area contributed by atoms with Crippen LogP contribution in [0.5, 0.6) is 0 Å². The highest BCUT2D eigenvalue weighted by Gasteiger charge is 2.13. The molecular weight excluding hydrogens is 370 g/mol. The molecule has 0 aliphatic rings. The van der Waals surface area contributed by atoms with Crippen LogP contribution < -0.4 is 10.6 Å². The lowest BCUT2D eigenvalue weighted by Crippen LogP contribution is -2.37. The van der Waals surface area contributed by atoms with E-state index in [0.717, 1.165) is 67.3 Å². The summed E-state index contributed by atoms with van der Waals surface area (Å²) in [4.78, 5) is 9.44. The maximum absolute atomic E-state index is 5.43. The van der Waals surface area contributed by atoms with Crippen LogP contribution in [0.1, 0.15) is 49.2 Å². The molecule has 2 N–H and O–H groups in total. The molecule has 0 bridgehead atoms. The lowest BCUT2D eigenvalue weighted by atomic mass is 10.1. The Bertz CT molecular complexity index is 860. The maximum Gasteiger partial charge on any atom is 0.191 e. The van der Waals surface area contributed by atoms with Crippen LogP contribution in [-0.4, -0.2) is 29.2 Å². The van der Waals surface area contributed by atoms with Gasteiger partial charge in [0.1, 0.15) is 5.76 Å². The Morgan fingerprint density at radius 1 is 1.14 bits per heavy atom. The van der Waals surface area contributed by atoms with Crippen LogP contribution in [0.3, 0.4) is 0 Å². The summed E-state index contributed by atoms with van der Waals surface area (Å²) in [6.07, 6.45) is 3.68. The number of para-hydroxylation sites is 1. The van der Waals surface area contributed by atoms with Crippen LogP contribution in [-0.2, 0) is 25.8 Å². The first-order valence-electron chi connectivity index (χ1n) is 10.1. The lowest BCUT2D eigenvalue weighted by Gasteiger charge is -2.11. The van der Waals surface area contributed by atoms with Gasteiger partial charge in [-0.2, -0.15) is 0 Å². The Hall–Kier alpha value is -2.41. The minimum absolute atomic E-state index is 0.586. The van der Waals surface area contributed by atoms with Crippen molar-refractivity contribution in [3.05, 3.63) is 46.3 Å². The van der Waals surface area contributed by atoms with Crippen LogP contribution in [0.25, 0.3) is 10.2 Å². The molecular formula is C21H29N5OS. The highest BCUT2D eigenvalue weighted by molar-refractivity contribution is 7.18. The van der Waals surface area contributed by atoms with Crippen molar-refractivity contribution in [1.29, 1.82) is 0 Å². The Kier molecular flexibility index (Phi) is 7.42. The molecule has 1 aromatic carbocycles. The molecule has 0 fully saturated rings. The van der Waals surface area contributed by atoms with Gasteiger partial charge >= 0.3 is 0 Å². The van der Waals surface area contributed by atoms with Crippen molar-refractivity contribution in [2.24, 2.45) is 4.99 Å². The number of rotatable bonds is 9. The third kappa shape index (κ3) is 5.10. The fourth-order valence-corrected chi connectivity index (χ4v) is 4.10. The minimum atomic E-state index is 0.586. The van der Waals surface area contributed by atoms with Crippen molar-refractivity contribution in [3.8, 4) is 0 Å². The number of benzene rings is 1. The van der Waals surface area contributed by atoms with Gasteiger partial charge in [0.2, 0.25) is 0 Å². The standard InChI is InChI=1S/C21H29N5OS/c1-4-16-15(18(5-2)27-26-16)14-24-21(22-6-3)23-13-9-12-20-25-17-10-7-8-11-19(17)28-20/h7-8,10-11H,4-6,9,12-14H2,1-3H3,(H2,22,23,24). The first-order chi connectivity index (χ1) is 13.7. The zero-order valence-corrected chi connectivity index (χ0v) is 17.7. The summed E-state index contributed by atoms with van der Waals surface area (Å²) < 4.78 is 6.69. The van der Waals surface area contributed by atoms with Crippen molar-refractivity contribution in [2.45, 2.75) is 53.0 Å². The molecule has 6 nitrogen and oxygen atoms in total. The molecule has 2 heterocycles. The molecule has 7 heteroatoms. The summed E-state index contributed by atoms with van der Waals surface area (Å²) in [5, 5.41) is 12.1. The summed E-state index contributed by atoms with van der Waals surface area (Å²) in [5.74, 6) is 1.77. The smallest absolute Gasteiger partial charge is 0.191 e. The van der Waals surface area contributed by atoms with Crippen molar-refractivity contribution < 1.29 is 4.52 Å². The maximum atomic E-state index is 5.43. The number of hydrogen-bond donors (Lipinski definition) is 2. The van der Waals surface area contributed by atoms with Gasteiger partial charge in [-0.25, -0.2) is 9.98 Å². The minimum Gasteiger partial charge on any atom is -0.361 e. The fourth-order valence-electron chi connectivity index (χ4n) is 3.09. The number of nitrogens with one attached hydrogen (secondary N) is 2. The third-order valence-corrected chi connectivity index (χ3v) is 5.64. The summed E-state index contributed by atoms with van der Waals surface area (Å²) in [6.45, 7) is 8.52. The third-order valence-electron chi connectivity index (χ3n) is 4.54. The van der Waals surface area contributed by atoms with Gasteiger partial charge in [0.25, 0.3) is 0 Å². The normalized spacial score (nSPS) is 11.9. The SMILES string of the molecule is CCNC(=NCc1c(CC)noc1CC)NCCCc1nc2ccccc2s1. The highest BCUT2D eigenvalue weighted by Crippen LogP contribution is 2.22. The second-order valence-corrected chi connectivity index (χ2v) is 7.65. The molecule has 2 aromatic heterocycles. The van der Waals surface area contributed by atoms with Crippen LogP contribution in [0.2, 0.25) is 0 Å². The predicted molar refractivity (Wildman–Crippen MR) is 116 cm³/mol. The van der Waals surface area contributed by atoms with E-state index in [1.54, 1.807) is 11.3 Å². The summed E-state index contributed by atoms with van der Waals surface area (Å²) >= 11 is 1.78. The number of guanidine groups is 1. The number of aliphatic imine (C=N–C) groups is 1. The molecule has 3 aromatic rings. The molecule has 0 spiro atoms. The van der Waals surface area contributed by atoms with Gasteiger partial charge < -0.3 is 15.2 Å². The zero-order valence-electron chi connectivity index (χ0n) is 16.9. The summed E-state index contributed by atoms with van der Waals surface area (Å²) in [6, 6.07) is 8.30. The van der Waals surface area contributed by atoms with E-state index in [1.807, 2.05) is 6.07 Å². The van der Waals surface area contributed by atoms with E-state index in [9.17, 15) is 0 Å². The highest BCUT2D eigenvalue weighted by atomic mass is 32.1. The van der Waals surface area contributed by atoms with E-state index in [1.165, 1.54) is 9.71 Å². The van der Waals surface area contributed by atoms with Gasteiger partial charge in [-0.3, -0.25) is 0 Å². The quantitative estimate of drug-likeness (QED) is 0.322. The largest absolute Gasteiger partial charge is 0.361 e. The van der Waals surface area contributed by atoms with Gasteiger partial charge in [0.05, 0.1) is 27.5 Å². The summed E-state index contributed by atoms with van der Waals surface area (Å²) in [7, 11) is 0. The first kappa shape index (κ1) is 20.3. The molecule has 0 aliphatic heterocycles. The molecule has 0 saturated heterocycles. The van der Waals surface area contributed by atoms with E-state index in [0.29, 0.717) is 6.54 Å². The van der Waals surface area contributed by atoms with Gasteiger partial charge in [-0.1, -0.05) is 31.1 Å². The number of thiazole rings is 1. The van der Waals surface area contributed by atoms with Crippen molar-refractivity contribution >= 4 is 27.5 Å². The van der Waals surface area contributed by atoms with Gasteiger partial charge in [-0.15, -0.1) is 11.3 Å². The zero-order chi connectivity index (χ0) is 19.8. The van der Waals surface area contributed by atoms with Crippen LogP contribution in [0.15, 0.2) is 33.8 Å². The average molecular weight is 400 g/mol. The predicted octanol–water partition coefficient (Wildman–Crippen LogP) is 4.10. The number of nitrogens with zero attached hydrogens (tertiary/aromatic N) is 3. The van der Waals surface area contributed by atoms with Gasteiger partial charge in [0, 0.05) is 31.5 Å². The lowest BCUT2D eigenvalue weighted by molar-refractivity contribution is 0.380. The van der Waals surface area contributed by atoms with E-state index >= 15 is 0 Å². The topological polar surface area (TPSA) is 75.3 Å². The Labute approximate surface area is 170 Å². The molecule has 0 saturated carbocycles. The molecule has 0 atom stereocenters. The van der Waals surface area contributed by atoms with Gasteiger partial charge in [-0.05, 0) is 31.9 Å². The molecule has 0 radical (unpaired) electrons. The van der Waals surface area contributed by atoms with E-state index < -0.39 is 0 Å². The summed E-state index contributed by atoms with van der Waals surface area (Å²) in [5.41, 5.74) is 3.22. The van der Waals surface area contributed by atoms with Crippen LogP contribution in [0.4, 0.5) is 0 Å². The van der Waals surface area contributed by atoms with Gasteiger partial charge in [0.15, 0.2) is 5.96 Å². The molecule has 3 rings (SSSR count). The number of fused-ring (bicyclic) bond motifs is 1. The second kappa shape index (κ2) is 10.2. The van der Waals surface area contributed by atoms with E-state index in [-0.39, 0.29) is 0 Å². The van der Waals surface area contributed by atoms with Crippen molar-refractivity contribution in [2.75, 3.05) is 13.1 Å². The Morgan fingerprint density at radius 2 is 2.00 bits per heavy atom.